The van der Waals surface area contributed by atoms with E-state index < -0.39 is 0 Å². The third-order valence-electron chi connectivity index (χ3n) is 2.28. The van der Waals surface area contributed by atoms with E-state index in [1.165, 1.54) is 18.3 Å². The van der Waals surface area contributed by atoms with Gasteiger partial charge in [-0.15, -0.1) is 12.1 Å². The molecule has 69 valence electrons. The first kappa shape index (κ1) is 11.8. The van der Waals surface area contributed by atoms with Crippen LogP contribution in [0.2, 0.25) is 5.82 Å². The van der Waals surface area contributed by atoms with E-state index in [2.05, 4.69) is 48.5 Å². The van der Waals surface area contributed by atoms with Crippen molar-refractivity contribution in [1.82, 2.24) is 0 Å². The van der Waals surface area contributed by atoms with E-state index in [9.17, 15) is 0 Å². The van der Waals surface area contributed by atoms with E-state index >= 15 is 0 Å². The Morgan fingerprint density at radius 3 is 2.25 bits per heavy atom. The maximum atomic E-state index is 4.13. The maximum absolute atomic E-state index is 4.13. The molecule has 12 heavy (non-hydrogen) atoms. The lowest BCUT2D eigenvalue weighted by molar-refractivity contribution is 0.421. The molecule has 0 heterocycles. The Morgan fingerprint density at radius 2 is 1.92 bits per heavy atom. The summed E-state index contributed by atoms with van der Waals surface area (Å²) in [6.45, 7) is 15.3. The molecule has 0 aliphatic rings. The van der Waals surface area contributed by atoms with Crippen molar-refractivity contribution in [2.75, 3.05) is 0 Å². The van der Waals surface area contributed by atoms with Crippen molar-refractivity contribution in [2.24, 2.45) is 5.41 Å². The summed E-state index contributed by atoms with van der Waals surface area (Å²) in [4.78, 5) is 0. The summed E-state index contributed by atoms with van der Waals surface area (Å²) in [5, 5.41) is 0. The zero-order valence-electron chi connectivity index (χ0n) is 9.28. The van der Waals surface area contributed by atoms with Crippen molar-refractivity contribution in [2.45, 2.75) is 53.3 Å². The minimum atomic E-state index is 0.291. The molecule has 0 amide bonds. The lowest BCUT2D eigenvalue weighted by atomic mass is 9.53. The minimum absolute atomic E-state index is 0.291. The average Bonchev–Trinajstić information content (AvgIpc) is 1.85. The summed E-state index contributed by atoms with van der Waals surface area (Å²) >= 11 is 0. The Hall–Kier alpha value is -0.195. The predicted molar refractivity (Wildman–Crippen MR) is 58.7 cm³/mol. The van der Waals surface area contributed by atoms with Gasteiger partial charge in [0.2, 0.25) is 0 Å². The molecule has 0 aromatic rings. The normalized spacial score (nSPS) is 11.8. The van der Waals surface area contributed by atoms with Gasteiger partial charge in [0, 0.05) is 0 Å². The van der Waals surface area contributed by atoms with Crippen molar-refractivity contribution in [1.29, 1.82) is 0 Å². The molecule has 0 spiro atoms. The topological polar surface area (TPSA) is 0 Å². The summed E-state index contributed by atoms with van der Waals surface area (Å²) in [6.07, 6.45) is 2.47. The van der Waals surface area contributed by atoms with Crippen LogP contribution >= 0.6 is 0 Å². The Morgan fingerprint density at radius 1 is 1.42 bits per heavy atom. The first-order chi connectivity index (χ1) is 5.40. The monoisotopic (exact) mass is 165 g/mol. The molecule has 0 aliphatic carbocycles. The van der Waals surface area contributed by atoms with Gasteiger partial charge in [-0.05, 0) is 11.8 Å². The van der Waals surface area contributed by atoms with Gasteiger partial charge in [0.15, 0.2) is 0 Å². The van der Waals surface area contributed by atoms with E-state index in [0.29, 0.717) is 11.2 Å². The highest BCUT2D eigenvalue weighted by Gasteiger charge is 2.21. The average molecular weight is 165 g/mol. The van der Waals surface area contributed by atoms with Crippen LogP contribution in [0.3, 0.4) is 0 Å². The molecule has 0 saturated heterocycles. The van der Waals surface area contributed by atoms with Crippen molar-refractivity contribution in [3.63, 3.8) is 0 Å². The Balaban J connectivity index is 4.06. The summed E-state index contributed by atoms with van der Waals surface area (Å²) in [5.74, 6) is 0.619. The zero-order valence-corrected chi connectivity index (χ0v) is 9.28. The Labute approximate surface area is 78.7 Å². The van der Waals surface area contributed by atoms with Crippen molar-refractivity contribution >= 4 is 7.28 Å². The van der Waals surface area contributed by atoms with Crippen LogP contribution in [0.4, 0.5) is 0 Å². The van der Waals surface area contributed by atoms with Crippen LogP contribution in [0, 0.1) is 5.41 Å². The maximum Gasteiger partial charge on any atom is 0.148 e. The van der Waals surface area contributed by atoms with E-state index in [1.54, 1.807) is 0 Å². The second-order valence-electron chi connectivity index (χ2n) is 4.57. The molecular formula is C11H22B. The van der Waals surface area contributed by atoms with E-state index in [1.807, 2.05) is 0 Å². The highest BCUT2D eigenvalue weighted by atomic mass is 14.2. The molecule has 0 bridgehead atoms. The van der Waals surface area contributed by atoms with Crippen molar-refractivity contribution in [3.8, 4) is 0 Å². The molecule has 0 unspecified atom stereocenters. The van der Waals surface area contributed by atoms with Crippen LogP contribution in [0.25, 0.3) is 0 Å². The van der Waals surface area contributed by atoms with Crippen LogP contribution in [-0.2, 0) is 0 Å². The molecule has 0 N–H and O–H groups in total. The van der Waals surface area contributed by atoms with Crippen molar-refractivity contribution in [3.05, 3.63) is 12.1 Å². The molecule has 0 aromatic carbocycles. The number of allylic oxidation sites excluding steroid dienone is 1. The standard InChI is InChI=1S/C11H22B/c1-7-8-11(5,6)10(4)12-9(2)3/h9H,4,7-8H2,1-3,5-6H3. The van der Waals surface area contributed by atoms with E-state index in [4.69, 9.17) is 0 Å². The lowest BCUT2D eigenvalue weighted by Gasteiger charge is -2.27. The molecule has 0 fully saturated rings. The molecule has 0 aromatic heterocycles. The lowest BCUT2D eigenvalue weighted by Crippen LogP contribution is -2.19. The SMILES string of the molecule is C=C([B]C(C)C)C(C)(C)CCC. The smallest absolute Gasteiger partial charge is 0.110 e. The van der Waals surface area contributed by atoms with Crippen LogP contribution in [0.5, 0.6) is 0 Å². The Kier molecular flexibility index (Phi) is 4.66. The van der Waals surface area contributed by atoms with Gasteiger partial charge >= 0.3 is 0 Å². The predicted octanol–water partition coefficient (Wildman–Crippen LogP) is 3.86. The third kappa shape index (κ3) is 3.99. The van der Waals surface area contributed by atoms with Gasteiger partial charge < -0.3 is 0 Å². The van der Waals surface area contributed by atoms with Gasteiger partial charge in [0.25, 0.3) is 0 Å². The third-order valence-corrected chi connectivity index (χ3v) is 2.28. The fraction of sp³-hybridized carbons (Fsp3) is 0.818. The van der Waals surface area contributed by atoms with Crippen molar-refractivity contribution < 1.29 is 0 Å². The molecular weight excluding hydrogens is 143 g/mol. The highest BCUT2D eigenvalue weighted by Crippen LogP contribution is 2.31. The molecule has 1 heteroatoms. The molecule has 0 nitrogen and oxygen atoms in total. The van der Waals surface area contributed by atoms with Crippen LogP contribution in [0.1, 0.15) is 47.5 Å². The minimum Gasteiger partial charge on any atom is -0.110 e. The van der Waals surface area contributed by atoms with Gasteiger partial charge in [-0.1, -0.05) is 46.9 Å². The van der Waals surface area contributed by atoms with E-state index in [-0.39, 0.29) is 0 Å². The Bertz CT molecular complexity index is 145. The zero-order chi connectivity index (χ0) is 9.78. The number of rotatable bonds is 5. The van der Waals surface area contributed by atoms with E-state index in [0.717, 1.165) is 0 Å². The van der Waals surface area contributed by atoms with Gasteiger partial charge in [-0.2, -0.15) is 0 Å². The van der Waals surface area contributed by atoms with Crippen LogP contribution < -0.4 is 0 Å². The molecule has 0 atom stereocenters. The first-order valence-corrected chi connectivity index (χ1v) is 4.94. The molecule has 1 radical (unpaired) electrons. The number of hydrogen-bond acceptors (Lipinski definition) is 0. The second-order valence-corrected chi connectivity index (χ2v) is 4.57. The fourth-order valence-electron chi connectivity index (χ4n) is 1.41. The summed E-state index contributed by atoms with van der Waals surface area (Å²) < 4.78 is 0. The summed E-state index contributed by atoms with van der Waals surface area (Å²) in [7, 11) is 2.27. The first-order valence-electron chi connectivity index (χ1n) is 4.94. The number of hydrogen-bond donors (Lipinski definition) is 0. The highest BCUT2D eigenvalue weighted by molar-refractivity contribution is 6.47. The largest absolute Gasteiger partial charge is 0.148 e. The van der Waals surface area contributed by atoms with Crippen LogP contribution in [-0.4, -0.2) is 7.28 Å². The van der Waals surface area contributed by atoms with Crippen LogP contribution in [0.15, 0.2) is 12.1 Å². The van der Waals surface area contributed by atoms with Gasteiger partial charge in [0.05, 0.1) is 0 Å². The summed E-state index contributed by atoms with van der Waals surface area (Å²) in [5.41, 5.74) is 1.58. The molecule has 0 saturated carbocycles. The quantitative estimate of drug-likeness (QED) is 0.542. The second kappa shape index (κ2) is 4.74. The molecule has 0 rings (SSSR count). The summed E-state index contributed by atoms with van der Waals surface area (Å²) in [6, 6.07) is 0. The molecule has 0 aliphatic heterocycles. The van der Waals surface area contributed by atoms with Gasteiger partial charge in [-0.25, -0.2) is 0 Å². The van der Waals surface area contributed by atoms with Gasteiger partial charge in [0.1, 0.15) is 7.28 Å². The van der Waals surface area contributed by atoms with Gasteiger partial charge in [-0.3, -0.25) is 0 Å². The fourth-order valence-corrected chi connectivity index (χ4v) is 1.41.